The number of nitriles is 1. The van der Waals surface area contributed by atoms with E-state index in [0.717, 1.165) is 57.5 Å². The maximum absolute atomic E-state index is 14.1. The molecule has 2 atom stereocenters. The zero-order chi connectivity index (χ0) is 48.3. The van der Waals surface area contributed by atoms with Gasteiger partial charge in [-0.15, -0.1) is 0 Å². The number of carbonyl (C=O) groups is 5. The number of ketones is 1. The summed E-state index contributed by atoms with van der Waals surface area (Å²) in [5, 5.41) is 18.4. The van der Waals surface area contributed by atoms with E-state index in [2.05, 4.69) is 69.8 Å². The zero-order valence-electron chi connectivity index (χ0n) is 40.4. The number of nitrogens with two attached hydrogens (primary N) is 1. The molecule has 6 N–H and O–H groups in total. The van der Waals surface area contributed by atoms with E-state index in [9.17, 15) is 29.2 Å². The average molecular weight is 905 g/mol. The maximum Gasteiger partial charge on any atom is 0.408 e. The molecule has 6 rings (SSSR count). The maximum atomic E-state index is 14.1. The molecular formula is C50H68N10O6. The van der Waals surface area contributed by atoms with Crippen molar-refractivity contribution in [2.45, 2.75) is 137 Å². The number of H-pyrrole nitrogens is 1. The molecule has 1 fully saturated rings. The number of aromatic amines is 1. The van der Waals surface area contributed by atoms with Crippen molar-refractivity contribution in [2.24, 2.45) is 5.41 Å². The Morgan fingerprint density at radius 3 is 2.33 bits per heavy atom. The van der Waals surface area contributed by atoms with Gasteiger partial charge in [0, 0.05) is 85.7 Å². The van der Waals surface area contributed by atoms with E-state index in [1.807, 2.05) is 42.5 Å². The molecule has 0 bridgehead atoms. The lowest BCUT2D eigenvalue weighted by Gasteiger charge is -2.39. The van der Waals surface area contributed by atoms with Crippen molar-refractivity contribution in [2.75, 3.05) is 43.9 Å². The summed E-state index contributed by atoms with van der Waals surface area (Å²) in [6.45, 7) is 20.2. The Morgan fingerprint density at radius 1 is 0.985 bits per heavy atom. The predicted molar refractivity (Wildman–Crippen MR) is 255 cm³/mol. The third-order valence-corrected chi connectivity index (χ3v) is 12.8. The molecule has 66 heavy (non-hydrogen) atoms. The number of anilines is 2. The van der Waals surface area contributed by atoms with Gasteiger partial charge in [0.15, 0.2) is 11.7 Å². The monoisotopic (exact) mass is 905 g/mol. The summed E-state index contributed by atoms with van der Waals surface area (Å²) in [4.78, 5) is 78.8. The summed E-state index contributed by atoms with van der Waals surface area (Å²) in [5.74, 6) is -0.369. The number of nitrogen functional groups attached to an aromatic ring is 1. The molecule has 0 saturated carbocycles. The number of rotatable bonds is 15. The second-order valence-electron chi connectivity index (χ2n) is 20.2. The lowest BCUT2D eigenvalue weighted by Crippen LogP contribution is -2.57. The second kappa shape index (κ2) is 19.6. The minimum absolute atomic E-state index is 0.00229. The summed E-state index contributed by atoms with van der Waals surface area (Å²) in [6, 6.07) is 10.1. The molecule has 0 radical (unpaired) electrons. The molecule has 1 aliphatic heterocycles. The number of aryl methyl sites for hydroxylation is 3. The highest BCUT2D eigenvalue weighted by Crippen LogP contribution is 2.46. The number of unbranched alkanes of at least 4 members (excludes halogenated alkanes) is 1. The van der Waals surface area contributed by atoms with Crippen LogP contribution in [0, 0.1) is 16.7 Å². The normalized spacial score (nSPS) is 15.6. The molecule has 4 aromatic rings. The number of piperazine rings is 1. The van der Waals surface area contributed by atoms with Crippen molar-refractivity contribution in [3.63, 3.8) is 0 Å². The molecule has 16 nitrogen and oxygen atoms in total. The summed E-state index contributed by atoms with van der Waals surface area (Å²) in [5.41, 5.74) is 12.0. The van der Waals surface area contributed by atoms with Crippen LogP contribution >= 0.6 is 0 Å². The van der Waals surface area contributed by atoms with Crippen LogP contribution in [0.25, 0.3) is 10.9 Å². The number of alkyl carbamates (subject to hydrolysis) is 1. The minimum Gasteiger partial charge on any atom is -0.444 e. The van der Waals surface area contributed by atoms with Gasteiger partial charge in [-0.1, -0.05) is 47.6 Å². The Balaban J connectivity index is 0.999. The molecule has 4 amide bonds. The first-order valence-electron chi connectivity index (χ1n) is 23.2. The van der Waals surface area contributed by atoms with Crippen molar-refractivity contribution in [3.05, 3.63) is 75.7 Å². The summed E-state index contributed by atoms with van der Waals surface area (Å²) in [7, 11) is 1.51. The van der Waals surface area contributed by atoms with Gasteiger partial charge in [0.05, 0.1) is 22.9 Å². The van der Waals surface area contributed by atoms with Gasteiger partial charge in [0.25, 0.3) is 0 Å². The van der Waals surface area contributed by atoms with Crippen LogP contribution in [-0.4, -0.2) is 99.9 Å². The van der Waals surface area contributed by atoms with Gasteiger partial charge in [0.1, 0.15) is 17.7 Å². The fraction of sp³-hybridized carbons (Fsp3) is 0.540. The van der Waals surface area contributed by atoms with Crippen LogP contribution in [0.2, 0.25) is 0 Å². The van der Waals surface area contributed by atoms with Crippen LogP contribution in [0.3, 0.4) is 0 Å². The van der Waals surface area contributed by atoms with Gasteiger partial charge in [-0.3, -0.25) is 19.2 Å². The summed E-state index contributed by atoms with van der Waals surface area (Å²) >= 11 is 0. The Bertz CT molecular complexity index is 2530. The van der Waals surface area contributed by atoms with E-state index in [1.165, 1.54) is 7.05 Å². The molecule has 354 valence electrons. The number of nitrogens with zero attached hydrogens (tertiary/aromatic N) is 5. The topological polar surface area (TPSA) is 221 Å². The Kier molecular flexibility index (Phi) is 14.6. The number of hydrogen-bond donors (Lipinski definition) is 5. The molecule has 16 heteroatoms. The number of hydrogen-bond acceptors (Lipinski definition) is 10. The van der Waals surface area contributed by atoms with Crippen LogP contribution < -0.4 is 26.6 Å². The summed E-state index contributed by atoms with van der Waals surface area (Å²) < 4.78 is 7.25. The number of fused-ring (bicyclic) bond motifs is 4. The fourth-order valence-electron chi connectivity index (χ4n) is 9.13. The molecule has 0 spiro atoms. The smallest absolute Gasteiger partial charge is 0.408 e. The molecule has 3 heterocycles. The van der Waals surface area contributed by atoms with Gasteiger partial charge in [-0.2, -0.15) is 5.26 Å². The van der Waals surface area contributed by atoms with Crippen LogP contribution in [0.1, 0.15) is 138 Å². The van der Waals surface area contributed by atoms with E-state index in [4.69, 9.17) is 10.5 Å². The first kappa shape index (κ1) is 49.1. The van der Waals surface area contributed by atoms with Crippen molar-refractivity contribution < 1.29 is 28.7 Å². The lowest BCUT2D eigenvalue weighted by atomic mass is 9.70. The molecule has 2 aromatic heterocycles. The fourth-order valence-corrected chi connectivity index (χ4v) is 9.13. The number of aromatic nitrogens is 3. The quantitative estimate of drug-likeness (QED) is 0.0843. The van der Waals surface area contributed by atoms with E-state index >= 15 is 0 Å². The number of ether oxygens (including phenoxy) is 1. The van der Waals surface area contributed by atoms with Crippen LogP contribution in [0.5, 0.6) is 0 Å². The Hall–Kier alpha value is -6.37. The van der Waals surface area contributed by atoms with Crippen molar-refractivity contribution in [1.82, 2.24) is 35.4 Å². The van der Waals surface area contributed by atoms with Gasteiger partial charge in [-0.05, 0) is 100 Å². The van der Waals surface area contributed by atoms with E-state index in [1.54, 1.807) is 32.9 Å². The number of nitrogens with one attached hydrogen (secondary N) is 4. The molecule has 1 saturated heterocycles. The van der Waals surface area contributed by atoms with Gasteiger partial charge < -0.3 is 45.8 Å². The average Bonchev–Trinajstić information content (AvgIpc) is 3.83. The van der Waals surface area contributed by atoms with Gasteiger partial charge in [0.2, 0.25) is 17.7 Å². The van der Waals surface area contributed by atoms with Crippen LogP contribution in [-0.2, 0) is 43.9 Å². The molecule has 1 aliphatic carbocycles. The molecular weight excluding hydrogens is 837 g/mol. The predicted octanol–water partition coefficient (Wildman–Crippen LogP) is 6.26. The van der Waals surface area contributed by atoms with Crippen molar-refractivity contribution in [1.29, 1.82) is 5.26 Å². The number of benzene rings is 2. The molecule has 0 unspecified atom stereocenters. The largest absolute Gasteiger partial charge is 0.444 e. The lowest BCUT2D eigenvalue weighted by molar-refractivity contribution is -0.132. The SMILES string of the molecule is CCc1cc2c(cc1N1CCN(C(=O)CCCCc3cn(CCC[C@H](NC(=O)OC(C)(C)C)C(=O)N[C@H](C(=O)NC)C(C)(C)C)c(N)n3)CC1)C(C)(C)c1[nH]c3cc(C#N)ccc3c1C2=O. The first-order valence-corrected chi connectivity index (χ1v) is 23.2. The number of carbonyl (C=O) groups excluding carboxylic acids is 5. The van der Waals surface area contributed by atoms with Crippen molar-refractivity contribution in [3.8, 4) is 6.07 Å². The minimum atomic E-state index is -0.965. The second-order valence-corrected chi connectivity index (χ2v) is 20.2. The summed E-state index contributed by atoms with van der Waals surface area (Å²) in [6.07, 6.45) is 5.18. The highest BCUT2D eigenvalue weighted by molar-refractivity contribution is 6.20. The van der Waals surface area contributed by atoms with Gasteiger partial charge >= 0.3 is 6.09 Å². The third kappa shape index (κ3) is 10.8. The zero-order valence-corrected chi connectivity index (χ0v) is 40.4. The number of imidazole rings is 1. The van der Waals surface area contributed by atoms with E-state index in [-0.39, 0.29) is 24.0 Å². The first-order chi connectivity index (χ1) is 31.1. The van der Waals surface area contributed by atoms with Gasteiger partial charge in [-0.25, -0.2) is 9.78 Å². The number of amides is 4. The van der Waals surface area contributed by atoms with Crippen molar-refractivity contribution >= 4 is 52.1 Å². The Labute approximate surface area is 388 Å². The Morgan fingerprint density at radius 2 is 1.70 bits per heavy atom. The van der Waals surface area contributed by atoms with Crippen LogP contribution in [0.4, 0.5) is 16.4 Å². The highest BCUT2D eigenvalue weighted by Gasteiger charge is 2.41. The third-order valence-electron chi connectivity index (χ3n) is 12.8. The molecule has 2 aliphatic rings. The highest BCUT2D eigenvalue weighted by atomic mass is 16.6. The van der Waals surface area contributed by atoms with E-state index in [0.29, 0.717) is 75.5 Å². The number of likely N-dealkylation sites (N-methyl/N-ethyl adjacent to an activating group) is 1. The van der Waals surface area contributed by atoms with E-state index < -0.39 is 40.5 Å². The van der Waals surface area contributed by atoms with Crippen LogP contribution in [0.15, 0.2) is 36.5 Å². The standard InChI is InChI=1S/C50H68N10O6/c1-11-31-26-34-35(50(8,9)42-40(41(34)62)33-19-18-30(28-51)25-37(33)55-42)27-38(31)58-21-23-59(24-22-58)39(61)17-13-12-15-32-29-60(46(52)54-32)20-14-16-36(56-47(65)66-49(5,6)7)44(63)57-43(45(64)53-10)48(2,3)4/h18-19,25-27,29,36,43,55H,11-17,20-24H2,1-10H3,(H2,52,54)(H,53,64)(H,56,65)(H,57,63)/t36-,43+/m0/s1. The molecule has 2 aromatic carbocycles.